The number of hydrogen-bond donors (Lipinski definition) is 1. The molecule has 0 aliphatic heterocycles. The standard InChI is InChI=1S/C20H16ClF3N2O2/c1-11-4-3-5-14-12(2)8-18(28)26(19(11)14)10-17(27)25-16-9-13(20(22,23)24)6-7-15(16)21/h3-9H,10H2,1-2H3,(H,25,27). The van der Waals surface area contributed by atoms with Gasteiger partial charge in [0.15, 0.2) is 0 Å². The molecule has 0 saturated heterocycles. The number of para-hydroxylation sites is 1. The number of fused-ring (bicyclic) bond motifs is 1. The second-order valence-electron chi connectivity index (χ2n) is 6.46. The summed E-state index contributed by atoms with van der Waals surface area (Å²) in [4.78, 5) is 24.9. The lowest BCUT2D eigenvalue weighted by molar-refractivity contribution is -0.137. The lowest BCUT2D eigenvalue weighted by atomic mass is 10.1. The first-order valence-corrected chi connectivity index (χ1v) is 8.72. The fraction of sp³-hybridized carbons (Fsp3) is 0.200. The zero-order valence-electron chi connectivity index (χ0n) is 15.0. The van der Waals surface area contributed by atoms with Crippen LogP contribution >= 0.6 is 11.6 Å². The molecule has 3 rings (SSSR count). The van der Waals surface area contributed by atoms with Crippen LogP contribution in [0.5, 0.6) is 0 Å². The van der Waals surface area contributed by atoms with Gasteiger partial charge in [-0.05, 0) is 43.2 Å². The number of aromatic nitrogens is 1. The van der Waals surface area contributed by atoms with Crippen molar-refractivity contribution >= 4 is 34.1 Å². The number of amides is 1. The third kappa shape index (κ3) is 3.89. The monoisotopic (exact) mass is 408 g/mol. The minimum Gasteiger partial charge on any atom is -0.323 e. The Kier molecular flexibility index (Phi) is 5.21. The lowest BCUT2D eigenvalue weighted by Gasteiger charge is -2.15. The maximum absolute atomic E-state index is 12.9. The van der Waals surface area contributed by atoms with E-state index >= 15 is 0 Å². The summed E-state index contributed by atoms with van der Waals surface area (Å²) in [6.07, 6.45) is -4.56. The number of aryl methyl sites for hydroxylation is 2. The van der Waals surface area contributed by atoms with Crippen molar-refractivity contribution in [2.24, 2.45) is 0 Å². The molecule has 146 valence electrons. The minimum absolute atomic E-state index is 0.0290. The van der Waals surface area contributed by atoms with Crippen LogP contribution in [0.2, 0.25) is 5.02 Å². The van der Waals surface area contributed by atoms with Crippen LogP contribution in [0.25, 0.3) is 10.9 Å². The zero-order chi connectivity index (χ0) is 20.6. The molecule has 3 aromatic rings. The highest BCUT2D eigenvalue weighted by molar-refractivity contribution is 6.33. The van der Waals surface area contributed by atoms with E-state index in [2.05, 4.69) is 5.32 Å². The molecule has 0 aliphatic rings. The molecule has 0 unspecified atom stereocenters. The Balaban J connectivity index is 1.96. The molecule has 0 saturated carbocycles. The first-order chi connectivity index (χ1) is 13.1. The van der Waals surface area contributed by atoms with Gasteiger partial charge in [0.05, 0.1) is 21.8 Å². The molecule has 0 aliphatic carbocycles. The van der Waals surface area contributed by atoms with Gasteiger partial charge in [-0.3, -0.25) is 14.2 Å². The second-order valence-corrected chi connectivity index (χ2v) is 6.87. The third-order valence-electron chi connectivity index (χ3n) is 4.41. The van der Waals surface area contributed by atoms with Crippen LogP contribution in [-0.4, -0.2) is 10.5 Å². The highest BCUT2D eigenvalue weighted by Gasteiger charge is 2.31. The maximum atomic E-state index is 12.9. The summed E-state index contributed by atoms with van der Waals surface area (Å²) in [5, 5.41) is 3.16. The summed E-state index contributed by atoms with van der Waals surface area (Å²) >= 11 is 5.92. The van der Waals surface area contributed by atoms with Crippen LogP contribution < -0.4 is 10.9 Å². The summed E-state index contributed by atoms with van der Waals surface area (Å²) in [6, 6.07) is 9.60. The number of nitrogens with zero attached hydrogens (tertiary/aromatic N) is 1. The number of rotatable bonds is 3. The van der Waals surface area contributed by atoms with Crippen molar-refractivity contribution in [2.45, 2.75) is 26.6 Å². The molecule has 0 fully saturated rings. The molecule has 1 heterocycles. The quantitative estimate of drug-likeness (QED) is 0.668. The smallest absolute Gasteiger partial charge is 0.323 e. The molecule has 1 N–H and O–H groups in total. The van der Waals surface area contributed by atoms with E-state index in [1.54, 1.807) is 6.92 Å². The Morgan fingerprint density at radius 3 is 2.50 bits per heavy atom. The predicted molar refractivity (Wildman–Crippen MR) is 103 cm³/mol. The fourth-order valence-electron chi connectivity index (χ4n) is 3.07. The van der Waals surface area contributed by atoms with E-state index in [9.17, 15) is 22.8 Å². The lowest BCUT2D eigenvalue weighted by Crippen LogP contribution is -2.28. The molecule has 8 heteroatoms. The predicted octanol–water partition coefficient (Wildman–Crippen LogP) is 4.93. The Morgan fingerprint density at radius 1 is 1.11 bits per heavy atom. The summed E-state index contributed by atoms with van der Waals surface area (Å²) < 4.78 is 40.0. The number of carbonyl (C=O) groups is 1. The van der Waals surface area contributed by atoms with E-state index in [-0.39, 0.29) is 22.8 Å². The van der Waals surface area contributed by atoms with Gasteiger partial charge in [-0.2, -0.15) is 13.2 Å². The number of nitrogens with one attached hydrogen (secondary N) is 1. The fourth-order valence-corrected chi connectivity index (χ4v) is 3.24. The molecule has 1 aromatic heterocycles. The van der Waals surface area contributed by atoms with Gasteiger partial charge in [-0.15, -0.1) is 0 Å². The number of benzene rings is 2. The highest BCUT2D eigenvalue weighted by atomic mass is 35.5. The molecular weight excluding hydrogens is 393 g/mol. The summed E-state index contributed by atoms with van der Waals surface area (Å²) in [5.41, 5.74) is 0.732. The van der Waals surface area contributed by atoms with Gasteiger partial charge in [-0.1, -0.05) is 29.8 Å². The average Bonchev–Trinajstić information content (AvgIpc) is 2.59. The SMILES string of the molecule is Cc1cc(=O)n(CC(=O)Nc2cc(C(F)(F)F)ccc2Cl)c2c(C)cccc12. The van der Waals surface area contributed by atoms with E-state index in [4.69, 9.17) is 11.6 Å². The summed E-state index contributed by atoms with van der Waals surface area (Å²) in [5.74, 6) is -0.656. The molecular formula is C20H16ClF3N2O2. The van der Waals surface area contributed by atoms with Crippen LogP contribution in [0.15, 0.2) is 47.3 Å². The van der Waals surface area contributed by atoms with Crippen LogP contribution in [0.4, 0.5) is 18.9 Å². The van der Waals surface area contributed by atoms with Crippen molar-refractivity contribution in [3.8, 4) is 0 Å². The molecule has 0 radical (unpaired) electrons. The summed E-state index contributed by atoms with van der Waals surface area (Å²) in [7, 11) is 0. The normalized spacial score (nSPS) is 11.6. The third-order valence-corrected chi connectivity index (χ3v) is 4.74. The first kappa shape index (κ1) is 19.9. The van der Waals surface area contributed by atoms with Gasteiger partial charge < -0.3 is 5.32 Å². The molecule has 28 heavy (non-hydrogen) atoms. The van der Waals surface area contributed by atoms with E-state index in [0.717, 1.165) is 34.7 Å². The largest absolute Gasteiger partial charge is 0.416 e. The number of halogens is 4. The molecule has 0 spiro atoms. The van der Waals surface area contributed by atoms with Crippen molar-refractivity contribution in [1.29, 1.82) is 0 Å². The molecule has 0 atom stereocenters. The van der Waals surface area contributed by atoms with E-state index < -0.39 is 17.6 Å². The van der Waals surface area contributed by atoms with E-state index in [1.807, 2.05) is 25.1 Å². The average molecular weight is 409 g/mol. The van der Waals surface area contributed by atoms with Crippen molar-refractivity contribution in [3.63, 3.8) is 0 Å². The molecule has 4 nitrogen and oxygen atoms in total. The van der Waals surface area contributed by atoms with Gasteiger partial charge >= 0.3 is 6.18 Å². The maximum Gasteiger partial charge on any atom is 0.416 e. The van der Waals surface area contributed by atoms with Gasteiger partial charge in [0.25, 0.3) is 5.56 Å². The molecule has 1 amide bonds. The van der Waals surface area contributed by atoms with Gasteiger partial charge in [0.1, 0.15) is 6.54 Å². The first-order valence-electron chi connectivity index (χ1n) is 8.34. The van der Waals surface area contributed by atoms with Gasteiger partial charge in [-0.25, -0.2) is 0 Å². The highest BCUT2D eigenvalue weighted by Crippen LogP contribution is 2.33. The van der Waals surface area contributed by atoms with E-state index in [0.29, 0.717) is 5.52 Å². The topological polar surface area (TPSA) is 51.1 Å². The Bertz CT molecular complexity index is 1140. The van der Waals surface area contributed by atoms with Crippen molar-refractivity contribution in [2.75, 3.05) is 5.32 Å². The van der Waals surface area contributed by atoms with E-state index in [1.165, 1.54) is 10.6 Å². The van der Waals surface area contributed by atoms with Crippen molar-refractivity contribution < 1.29 is 18.0 Å². The zero-order valence-corrected chi connectivity index (χ0v) is 15.8. The molecule has 2 aromatic carbocycles. The number of alkyl halides is 3. The van der Waals surface area contributed by atoms with Crippen LogP contribution in [0.1, 0.15) is 16.7 Å². The van der Waals surface area contributed by atoms with Crippen LogP contribution in [-0.2, 0) is 17.5 Å². The Hall–Kier alpha value is -2.80. The number of hydrogen-bond acceptors (Lipinski definition) is 2. The minimum atomic E-state index is -4.56. The second kappa shape index (κ2) is 7.31. The van der Waals surface area contributed by atoms with Crippen molar-refractivity contribution in [3.05, 3.63) is 74.5 Å². The van der Waals surface area contributed by atoms with Crippen LogP contribution in [0, 0.1) is 13.8 Å². The number of anilines is 1. The van der Waals surface area contributed by atoms with Crippen LogP contribution in [0.3, 0.4) is 0 Å². The number of pyridine rings is 1. The van der Waals surface area contributed by atoms with Gasteiger partial charge in [0.2, 0.25) is 5.91 Å². The Morgan fingerprint density at radius 2 is 1.82 bits per heavy atom. The number of carbonyl (C=O) groups excluding carboxylic acids is 1. The van der Waals surface area contributed by atoms with Gasteiger partial charge in [0, 0.05) is 11.5 Å². The summed E-state index contributed by atoms with van der Waals surface area (Å²) in [6.45, 7) is 3.27. The Labute approximate surface area is 163 Å². The molecule has 0 bridgehead atoms. The van der Waals surface area contributed by atoms with Crippen molar-refractivity contribution in [1.82, 2.24) is 4.57 Å².